The summed E-state index contributed by atoms with van der Waals surface area (Å²) in [4.78, 5) is 7.96. The average Bonchev–Trinajstić information content (AvgIpc) is 2.79. The minimum Gasteiger partial charge on any atom is -0.370 e. The van der Waals surface area contributed by atoms with Crippen molar-refractivity contribution in [1.82, 2.24) is 19.6 Å². The molecule has 0 saturated heterocycles. The van der Waals surface area contributed by atoms with Gasteiger partial charge in [0.05, 0.1) is 0 Å². The summed E-state index contributed by atoms with van der Waals surface area (Å²) in [7, 11) is 0. The molecule has 20 heavy (non-hydrogen) atoms. The summed E-state index contributed by atoms with van der Waals surface area (Å²) < 4.78 is 37.5. The largest absolute Gasteiger partial charge is 0.389 e. The Morgan fingerprint density at radius 1 is 1.35 bits per heavy atom. The summed E-state index contributed by atoms with van der Waals surface area (Å²) in [5.74, 6) is 0.947. The zero-order chi connectivity index (χ0) is 14.8. The van der Waals surface area contributed by atoms with Crippen molar-refractivity contribution in [2.75, 3.05) is 11.9 Å². The molecule has 0 aliphatic carbocycles. The van der Waals surface area contributed by atoms with Crippen LogP contribution in [0.1, 0.15) is 24.8 Å². The third-order valence-electron chi connectivity index (χ3n) is 2.78. The normalized spacial score (nSPS) is 12.1. The van der Waals surface area contributed by atoms with Crippen LogP contribution in [0.5, 0.6) is 0 Å². The first-order chi connectivity index (χ1) is 9.38. The summed E-state index contributed by atoms with van der Waals surface area (Å²) in [5.41, 5.74) is 0.681. The summed E-state index contributed by atoms with van der Waals surface area (Å²) >= 11 is 5.97. The fraction of sp³-hybridized carbons (Fsp3) is 0.545. The van der Waals surface area contributed by atoms with Gasteiger partial charge in [0.2, 0.25) is 0 Å². The number of unbranched alkanes of at least 4 members (excludes halogenated alkanes) is 1. The van der Waals surface area contributed by atoms with Crippen LogP contribution in [0, 0.1) is 6.92 Å². The number of halogens is 4. The number of nitrogens with zero attached hydrogens (tertiary/aromatic N) is 4. The molecule has 0 radical (unpaired) electrons. The lowest BCUT2D eigenvalue weighted by molar-refractivity contribution is -0.135. The number of aromatic nitrogens is 4. The summed E-state index contributed by atoms with van der Waals surface area (Å²) in [5, 5.41) is 7.33. The topological polar surface area (TPSA) is 55.1 Å². The molecule has 0 aromatic carbocycles. The Hall–Kier alpha value is -1.57. The predicted molar refractivity (Wildman–Crippen MR) is 68.9 cm³/mol. The molecule has 0 amide bonds. The van der Waals surface area contributed by atoms with Gasteiger partial charge in [0, 0.05) is 18.5 Å². The van der Waals surface area contributed by atoms with E-state index in [-0.39, 0.29) is 6.42 Å². The van der Waals surface area contributed by atoms with Gasteiger partial charge >= 0.3 is 6.18 Å². The molecule has 5 nitrogen and oxygen atoms in total. The number of fused-ring (bicyclic) bond motifs is 1. The maximum absolute atomic E-state index is 12.0. The van der Waals surface area contributed by atoms with Crippen LogP contribution >= 0.6 is 11.6 Å². The highest BCUT2D eigenvalue weighted by atomic mass is 35.5. The van der Waals surface area contributed by atoms with Gasteiger partial charge in [-0.1, -0.05) is 11.6 Å². The Kier molecular flexibility index (Phi) is 4.32. The van der Waals surface area contributed by atoms with Crippen LogP contribution < -0.4 is 5.32 Å². The summed E-state index contributed by atoms with van der Waals surface area (Å²) in [6.45, 7) is 2.15. The van der Waals surface area contributed by atoms with Crippen molar-refractivity contribution in [3.63, 3.8) is 0 Å². The minimum atomic E-state index is -4.10. The van der Waals surface area contributed by atoms with Crippen LogP contribution in [-0.4, -0.2) is 32.3 Å². The summed E-state index contributed by atoms with van der Waals surface area (Å²) in [6, 6.07) is 0. The van der Waals surface area contributed by atoms with Gasteiger partial charge in [0.15, 0.2) is 0 Å². The number of anilines is 1. The summed E-state index contributed by atoms with van der Waals surface area (Å²) in [6.07, 6.45) is -3.06. The Morgan fingerprint density at radius 3 is 2.80 bits per heavy atom. The predicted octanol–water partition coefficient (Wildman–Crippen LogP) is 3.23. The zero-order valence-electron chi connectivity index (χ0n) is 10.7. The van der Waals surface area contributed by atoms with Crippen molar-refractivity contribution in [2.45, 2.75) is 32.4 Å². The van der Waals surface area contributed by atoms with Gasteiger partial charge < -0.3 is 5.32 Å². The highest BCUT2D eigenvalue weighted by Crippen LogP contribution is 2.24. The molecule has 1 N–H and O–H groups in total. The Labute approximate surface area is 118 Å². The molecule has 110 valence electrons. The molecule has 0 aliphatic rings. The lowest BCUT2D eigenvalue weighted by Gasteiger charge is -2.12. The van der Waals surface area contributed by atoms with Crippen LogP contribution in [-0.2, 0) is 0 Å². The smallest absolute Gasteiger partial charge is 0.370 e. The minimum absolute atomic E-state index is 0.0782. The number of nitrogens with one attached hydrogen (secondary N) is 1. The number of alkyl halides is 3. The molecular formula is C11H13ClF3N5. The lowest BCUT2D eigenvalue weighted by Crippen LogP contribution is -2.12. The van der Waals surface area contributed by atoms with E-state index in [2.05, 4.69) is 20.4 Å². The first kappa shape index (κ1) is 14.8. The van der Waals surface area contributed by atoms with Gasteiger partial charge in [-0.15, -0.1) is 0 Å². The Balaban J connectivity index is 1.99. The van der Waals surface area contributed by atoms with E-state index in [0.29, 0.717) is 35.3 Å². The van der Waals surface area contributed by atoms with Crippen LogP contribution in [0.15, 0.2) is 6.33 Å². The molecule has 9 heteroatoms. The molecule has 2 aromatic rings. The zero-order valence-corrected chi connectivity index (χ0v) is 11.5. The molecule has 0 saturated carbocycles. The van der Waals surface area contributed by atoms with E-state index in [9.17, 15) is 13.2 Å². The average molecular weight is 308 g/mol. The lowest BCUT2D eigenvalue weighted by atomic mass is 10.2. The molecule has 2 heterocycles. The van der Waals surface area contributed by atoms with Gasteiger partial charge in [0.1, 0.15) is 17.3 Å². The second kappa shape index (κ2) is 5.82. The standard InChI is InChI=1S/C11H13ClF3N5/c1-7-8(12)19-10-17-6-18-20(10)9(7)16-5-3-2-4-11(13,14)15/h6,16H,2-5H2,1H3. The van der Waals surface area contributed by atoms with E-state index >= 15 is 0 Å². The molecule has 0 fully saturated rings. The van der Waals surface area contributed by atoms with Gasteiger partial charge in [-0.25, -0.2) is 0 Å². The maximum atomic E-state index is 12.0. The highest BCUT2D eigenvalue weighted by Gasteiger charge is 2.25. The monoisotopic (exact) mass is 307 g/mol. The van der Waals surface area contributed by atoms with E-state index in [1.165, 1.54) is 10.8 Å². The van der Waals surface area contributed by atoms with Crippen molar-refractivity contribution in [1.29, 1.82) is 0 Å². The number of hydrogen-bond donors (Lipinski definition) is 1. The molecular weight excluding hydrogens is 295 g/mol. The Bertz CT molecular complexity index is 595. The highest BCUT2D eigenvalue weighted by molar-refractivity contribution is 6.30. The molecule has 2 rings (SSSR count). The SMILES string of the molecule is Cc1c(Cl)nc2ncnn2c1NCCCCC(F)(F)F. The Morgan fingerprint density at radius 2 is 2.10 bits per heavy atom. The molecule has 2 aromatic heterocycles. The first-order valence-electron chi connectivity index (χ1n) is 6.05. The van der Waals surface area contributed by atoms with E-state index in [1.807, 2.05) is 0 Å². The van der Waals surface area contributed by atoms with Crippen molar-refractivity contribution < 1.29 is 13.2 Å². The fourth-order valence-electron chi connectivity index (χ4n) is 1.76. The van der Waals surface area contributed by atoms with Crippen LogP contribution in [0.4, 0.5) is 19.0 Å². The van der Waals surface area contributed by atoms with E-state index in [0.717, 1.165) is 0 Å². The van der Waals surface area contributed by atoms with E-state index < -0.39 is 12.6 Å². The van der Waals surface area contributed by atoms with Gasteiger partial charge in [-0.05, 0) is 19.8 Å². The molecule has 0 spiro atoms. The number of hydrogen-bond acceptors (Lipinski definition) is 4. The van der Waals surface area contributed by atoms with Gasteiger partial charge in [-0.2, -0.15) is 32.8 Å². The van der Waals surface area contributed by atoms with Crippen molar-refractivity contribution in [3.8, 4) is 0 Å². The molecule has 0 unspecified atom stereocenters. The first-order valence-corrected chi connectivity index (χ1v) is 6.43. The second-order valence-electron chi connectivity index (χ2n) is 4.35. The fourth-order valence-corrected chi connectivity index (χ4v) is 1.93. The maximum Gasteiger partial charge on any atom is 0.389 e. The van der Waals surface area contributed by atoms with Crippen molar-refractivity contribution in [2.24, 2.45) is 0 Å². The van der Waals surface area contributed by atoms with Gasteiger partial charge in [-0.3, -0.25) is 0 Å². The molecule has 0 atom stereocenters. The van der Waals surface area contributed by atoms with Crippen LogP contribution in [0.3, 0.4) is 0 Å². The van der Waals surface area contributed by atoms with Crippen molar-refractivity contribution in [3.05, 3.63) is 17.0 Å². The van der Waals surface area contributed by atoms with Crippen LogP contribution in [0.25, 0.3) is 5.78 Å². The second-order valence-corrected chi connectivity index (χ2v) is 4.71. The molecule has 0 aliphatic heterocycles. The van der Waals surface area contributed by atoms with Crippen molar-refractivity contribution >= 4 is 23.2 Å². The van der Waals surface area contributed by atoms with Gasteiger partial charge in [0.25, 0.3) is 5.78 Å². The third-order valence-corrected chi connectivity index (χ3v) is 3.15. The quantitative estimate of drug-likeness (QED) is 0.680. The number of rotatable bonds is 5. The van der Waals surface area contributed by atoms with E-state index in [1.54, 1.807) is 6.92 Å². The van der Waals surface area contributed by atoms with Crippen LogP contribution in [0.2, 0.25) is 5.15 Å². The third kappa shape index (κ3) is 3.50. The van der Waals surface area contributed by atoms with E-state index in [4.69, 9.17) is 11.6 Å². The molecule has 0 bridgehead atoms.